The molecule has 1 aromatic carbocycles. The van der Waals surface area contributed by atoms with Gasteiger partial charge in [-0.2, -0.15) is 5.10 Å². The van der Waals surface area contributed by atoms with Crippen molar-refractivity contribution in [2.45, 2.75) is 19.0 Å². The summed E-state index contributed by atoms with van der Waals surface area (Å²) in [5.74, 6) is 1.25. The fourth-order valence-corrected chi connectivity index (χ4v) is 3.21. The van der Waals surface area contributed by atoms with Crippen molar-refractivity contribution in [3.63, 3.8) is 0 Å². The Labute approximate surface area is 162 Å². The van der Waals surface area contributed by atoms with Crippen molar-refractivity contribution < 1.29 is 9.47 Å². The summed E-state index contributed by atoms with van der Waals surface area (Å²) < 4.78 is 12.4. The zero-order valence-electron chi connectivity index (χ0n) is 15.7. The summed E-state index contributed by atoms with van der Waals surface area (Å²) in [5.41, 5.74) is 2.25. The van der Waals surface area contributed by atoms with Crippen LogP contribution in [0.3, 0.4) is 0 Å². The van der Waals surface area contributed by atoms with E-state index in [1.165, 1.54) is 10.7 Å². The Balaban J connectivity index is 1.64. The fourth-order valence-electron chi connectivity index (χ4n) is 3.21. The molecule has 1 saturated heterocycles. The van der Waals surface area contributed by atoms with E-state index in [9.17, 15) is 4.79 Å². The maximum absolute atomic E-state index is 12.5. The third kappa shape index (κ3) is 3.72. The maximum atomic E-state index is 12.5. The van der Waals surface area contributed by atoms with E-state index in [2.05, 4.69) is 20.4 Å². The SMILES string of the molecule is COc1cccc(-c2ccc(=O)n(C3COCC3Nc3nccc(C)n3)n2)c1. The van der Waals surface area contributed by atoms with Gasteiger partial charge in [-0.15, -0.1) is 0 Å². The molecule has 1 N–H and O–H groups in total. The molecule has 0 radical (unpaired) electrons. The molecule has 8 heteroatoms. The molecule has 0 bridgehead atoms. The number of methoxy groups -OCH3 is 1. The van der Waals surface area contributed by atoms with Crippen molar-refractivity contribution in [3.8, 4) is 17.0 Å². The van der Waals surface area contributed by atoms with Gasteiger partial charge in [-0.1, -0.05) is 12.1 Å². The van der Waals surface area contributed by atoms with Crippen LogP contribution >= 0.6 is 0 Å². The molecule has 4 rings (SSSR count). The highest BCUT2D eigenvalue weighted by Gasteiger charge is 2.32. The molecule has 0 saturated carbocycles. The summed E-state index contributed by atoms with van der Waals surface area (Å²) in [6, 6.07) is 12.2. The molecule has 1 fully saturated rings. The van der Waals surface area contributed by atoms with Gasteiger partial charge < -0.3 is 14.8 Å². The lowest BCUT2D eigenvalue weighted by Crippen LogP contribution is -2.37. The fraction of sp³-hybridized carbons (Fsp3) is 0.300. The first-order valence-electron chi connectivity index (χ1n) is 9.02. The van der Waals surface area contributed by atoms with E-state index < -0.39 is 0 Å². The van der Waals surface area contributed by atoms with E-state index in [0.717, 1.165) is 17.0 Å². The highest BCUT2D eigenvalue weighted by Crippen LogP contribution is 2.24. The predicted molar refractivity (Wildman–Crippen MR) is 105 cm³/mol. The lowest BCUT2D eigenvalue weighted by atomic mass is 10.1. The molecule has 3 heterocycles. The van der Waals surface area contributed by atoms with Gasteiger partial charge in [0.1, 0.15) is 11.8 Å². The molecule has 1 aliphatic heterocycles. The number of aryl methyl sites for hydroxylation is 1. The second-order valence-electron chi connectivity index (χ2n) is 6.61. The number of benzene rings is 1. The molecule has 2 unspecified atom stereocenters. The van der Waals surface area contributed by atoms with Gasteiger partial charge >= 0.3 is 0 Å². The summed E-state index contributed by atoms with van der Waals surface area (Å²) >= 11 is 0. The average Bonchev–Trinajstić information content (AvgIpc) is 3.16. The first-order valence-corrected chi connectivity index (χ1v) is 9.02. The van der Waals surface area contributed by atoms with Crippen LogP contribution in [0, 0.1) is 6.92 Å². The molecule has 28 heavy (non-hydrogen) atoms. The lowest BCUT2D eigenvalue weighted by Gasteiger charge is -2.20. The highest BCUT2D eigenvalue weighted by molar-refractivity contribution is 5.60. The molecule has 0 amide bonds. The van der Waals surface area contributed by atoms with Crippen LogP contribution in [-0.2, 0) is 4.74 Å². The molecule has 3 aromatic rings. The third-order valence-electron chi connectivity index (χ3n) is 4.66. The number of nitrogens with zero attached hydrogens (tertiary/aromatic N) is 4. The number of nitrogens with one attached hydrogen (secondary N) is 1. The summed E-state index contributed by atoms with van der Waals surface area (Å²) in [5, 5.41) is 7.87. The average molecular weight is 379 g/mol. The van der Waals surface area contributed by atoms with Crippen molar-refractivity contribution >= 4 is 5.95 Å². The Hall–Kier alpha value is -3.26. The number of aromatic nitrogens is 4. The molecular weight excluding hydrogens is 358 g/mol. The van der Waals surface area contributed by atoms with Crippen molar-refractivity contribution in [1.29, 1.82) is 0 Å². The topological polar surface area (TPSA) is 91.2 Å². The second kappa shape index (κ2) is 7.77. The van der Waals surface area contributed by atoms with Gasteiger partial charge in [-0.3, -0.25) is 4.79 Å². The van der Waals surface area contributed by atoms with E-state index >= 15 is 0 Å². The largest absolute Gasteiger partial charge is 0.497 e. The van der Waals surface area contributed by atoms with Gasteiger partial charge in [-0.25, -0.2) is 14.6 Å². The minimum absolute atomic E-state index is 0.160. The Morgan fingerprint density at radius 2 is 2.11 bits per heavy atom. The van der Waals surface area contributed by atoms with E-state index in [1.807, 2.05) is 37.3 Å². The highest BCUT2D eigenvalue weighted by atomic mass is 16.5. The predicted octanol–water partition coefficient (Wildman–Crippen LogP) is 2.07. The maximum Gasteiger partial charge on any atom is 0.267 e. The molecule has 144 valence electrons. The molecule has 2 atom stereocenters. The molecule has 0 spiro atoms. The minimum atomic E-state index is -0.262. The van der Waals surface area contributed by atoms with Crippen molar-refractivity contribution in [3.05, 3.63) is 64.7 Å². The van der Waals surface area contributed by atoms with E-state index in [4.69, 9.17) is 9.47 Å². The summed E-state index contributed by atoms with van der Waals surface area (Å²) in [7, 11) is 1.62. The third-order valence-corrected chi connectivity index (χ3v) is 4.66. The van der Waals surface area contributed by atoms with Crippen LogP contribution in [0.2, 0.25) is 0 Å². The van der Waals surface area contributed by atoms with Crippen LogP contribution in [0.5, 0.6) is 5.75 Å². The second-order valence-corrected chi connectivity index (χ2v) is 6.61. The van der Waals surface area contributed by atoms with Crippen molar-refractivity contribution in [1.82, 2.24) is 19.7 Å². The van der Waals surface area contributed by atoms with Crippen LogP contribution < -0.4 is 15.6 Å². The Morgan fingerprint density at radius 1 is 1.21 bits per heavy atom. The zero-order chi connectivity index (χ0) is 19.5. The minimum Gasteiger partial charge on any atom is -0.497 e. The quantitative estimate of drug-likeness (QED) is 0.726. The monoisotopic (exact) mass is 379 g/mol. The van der Waals surface area contributed by atoms with Crippen LogP contribution in [0.25, 0.3) is 11.3 Å². The molecule has 8 nitrogen and oxygen atoms in total. The van der Waals surface area contributed by atoms with Crippen LogP contribution in [-0.4, -0.2) is 46.1 Å². The first kappa shape index (κ1) is 18.1. The number of hydrogen-bond donors (Lipinski definition) is 1. The molecule has 2 aromatic heterocycles. The number of anilines is 1. The van der Waals surface area contributed by atoms with Gasteiger partial charge in [0.15, 0.2) is 0 Å². The van der Waals surface area contributed by atoms with Crippen LogP contribution in [0.1, 0.15) is 11.7 Å². The normalized spacial score (nSPS) is 18.8. The van der Waals surface area contributed by atoms with E-state index in [1.54, 1.807) is 19.4 Å². The summed E-state index contributed by atoms with van der Waals surface area (Å²) in [6.45, 7) is 2.73. The first-order chi connectivity index (χ1) is 13.6. The van der Waals surface area contributed by atoms with Crippen molar-refractivity contribution in [2.24, 2.45) is 0 Å². The van der Waals surface area contributed by atoms with E-state index in [0.29, 0.717) is 24.9 Å². The standard InChI is InChI=1S/C20H21N5O3/c1-13-8-9-21-20(22-13)23-17-11-28-12-18(17)25-19(26)7-6-16(24-25)14-4-3-5-15(10-14)27-2/h3-10,17-18H,11-12H2,1-2H3,(H,21,22,23). The molecular formula is C20H21N5O3. The van der Waals surface area contributed by atoms with Gasteiger partial charge in [0, 0.05) is 23.5 Å². The Kier molecular flexibility index (Phi) is 5.03. The van der Waals surface area contributed by atoms with Crippen molar-refractivity contribution in [2.75, 3.05) is 25.6 Å². The zero-order valence-corrected chi connectivity index (χ0v) is 15.7. The lowest BCUT2D eigenvalue weighted by molar-refractivity contribution is 0.183. The Bertz CT molecular complexity index is 1040. The summed E-state index contributed by atoms with van der Waals surface area (Å²) in [4.78, 5) is 21.1. The van der Waals surface area contributed by atoms with Crippen LogP contribution in [0.15, 0.2) is 53.5 Å². The molecule has 0 aliphatic carbocycles. The number of ether oxygens (including phenoxy) is 2. The Morgan fingerprint density at radius 3 is 2.93 bits per heavy atom. The van der Waals surface area contributed by atoms with Gasteiger partial charge in [0.25, 0.3) is 5.56 Å². The number of rotatable bonds is 5. The number of hydrogen-bond acceptors (Lipinski definition) is 7. The van der Waals surface area contributed by atoms with Gasteiger partial charge in [0.05, 0.1) is 32.1 Å². The summed E-state index contributed by atoms with van der Waals surface area (Å²) in [6.07, 6.45) is 1.70. The van der Waals surface area contributed by atoms with E-state index in [-0.39, 0.29) is 17.6 Å². The molecule has 1 aliphatic rings. The van der Waals surface area contributed by atoms with Gasteiger partial charge in [-0.05, 0) is 31.2 Å². The van der Waals surface area contributed by atoms with Crippen LogP contribution in [0.4, 0.5) is 5.95 Å². The van der Waals surface area contributed by atoms with Gasteiger partial charge in [0.2, 0.25) is 5.95 Å². The smallest absolute Gasteiger partial charge is 0.267 e.